The van der Waals surface area contributed by atoms with Crippen molar-refractivity contribution in [2.75, 3.05) is 0 Å². The fraction of sp³-hybridized carbons (Fsp3) is 0.400. The maximum absolute atomic E-state index is 11.6. The minimum Gasteiger partial charge on any atom is -0.402 e. The molecule has 0 aliphatic carbocycles. The molecule has 0 aromatic heterocycles. The predicted octanol–water partition coefficient (Wildman–Crippen LogP) is 1.78. The number of thiocarbonyl (C=S) groups is 1. The van der Waals surface area contributed by atoms with Crippen LogP contribution in [0.5, 0.6) is 0 Å². The lowest BCUT2D eigenvalue weighted by molar-refractivity contribution is -0.0553. The van der Waals surface area contributed by atoms with Crippen LogP contribution in [0.4, 0.5) is 13.2 Å². The monoisotopic (exact) mass is 169 g/mol. The van der Waals surface area contributed by atoms with E-state index >= 15 is 0 Å². The molecule has 0 rings (SSSR count). The molecule has 5 heteroatoms. The number of rotatable bonds is 1. The number of alkyl halides is 3. The Hall–Kier alpha value is -0.580. The quantitative estimate of drug-likeness (QED) is 0.478. The molecule has 0 atom stereocenters. The third-order valence-electron chi connectivity index (χ3n) is 0.638. The molecule has 0 saturated carbocycles. The van der Waals surface area contributed by atoms with E-state index in [0.29, 0.717) is 0 Å². The summed E-state index contributed by atoms with van der Waals surface area (Å²) in [4.78, 5) is -1.09. The van der Waals surface area contributed by atoms with Gasteiger partial charge in [0, 0.05) is 5.70 Å². The standard InChI is InChI=1S/C5H6F3NS/c1-3(9)2-4(10)5(6,7)8/h2H,9H2,1H3/b3-2-. The summed E-state index contributed by atoms with van der Waals surface area (Å²) >= 11 is 3.99. The van der Waals surface area contributed by atoms with E-state index in [0.717, 1.165) is 6.08 Å². The largest absolute Gasteiger partial charge is 0.426 e. The van der Waals surface area contributed by atoms with E-state index in [9.17, 15) is 13.2 Å². The van der Waals surface area contributed by atoms with Crippen molar-refractivity contribution < 1.29 is 13.2 Å². The number of allylic oxidation sites excluding steroid dienone is 2. The molecule has 0 heterocycles. The Morgan fingerprint density at radius 3 is 2.00 bits per heavy atom. The summed E-state index contributed by atoms with van der Waals surface area (Å²) in [6.45, 7) is 1.35. The maximum atomic E-state index is 11.6. The van der Waals surface area contributed by atoms with Crippen molar-refractivity contribution in [1.82, 2.24) is 0 Å². The highest BCUT2D eigenvalue weighted by Gasteiger charge is 2.32. The van der Waals surface area contributed by atoms with E-state index in [2.05, 4.69) is 12.2 Å². The Kier molecular flexibility index (Phi) is 2.83. The molecular weight excluding hydrogens is 163 g/mol. The SMILES string of the molecule is C/C(N)=C/C(=S)C(F)(F)F. The van der Waals surface area contributed by atoms with Crippen molar-refractivity contribution in [2.45, 2.75) is 13.1 Å². The number of hydrogen-bond acceptors (Lipinski definition) is 2. The summed E-state index contributed by atoms with van der Waals surface area (Å²) in [5, 5.41) is 0. The van der Waals surface area contributed by atoms with Gasteiger partial charge < -0.3 is 5.73 Å². The normalized spacial score (nSPS) is 13.4. The summed E-state index contributed by atoms with van der Waals surface area (Å²) in [7, 11) is 0. The Morgan fingerprint density at radius 2 is 1.90 bits per heavy atom. The van der Waals surface area contributed by atoms with Gasteiger partial charge in [-0.25, -0.2) is 0 Å². The highest BCUT2D eigenvalue weighted by atomic mass is 32.1. The number of nitrogens with two attached hydrogens (primary N) is 1. The van der Waals surface area contributed by atoms with Gasteiger partial charge in [0.2, 0.25) is 0 Å². The van der Waals surface area contributed by atoms with E-state index < -0.39 is 11.0 Å². The molecule has 2 N–H and O–H groups in total. The van der Waals surface area contributed by atoms with Gasteiger partial charge in [-0.15, -0.1) is 0 Å². The average Bonchev–Trinajstić information content (AvgIpc) is 1.60. The minimum absolute atomic E-state index is 0.0577. The van der Waals surface area contributed by atoms with Crippen molar-refractivity contribution in [1.29, 1.82) is 0 Å². The van der Waals surface area contributed by atoms with Gasteiger partial charge in [0.25, 0.3) is 0 Å². The highest BCUT2D eigenvalue weighted by molar-refractivity contribution is 7.80. The van der Waals surface area contributed by atoms with Gasteiger partial charge in [0.1, 0.15) is 4.86 Å². The van der Waals surface area contributed by atoms with Gasteiger partial charge in [-0.1, -0.05) is 12.2 Å². The molecule has 0 radical (unpaired) electrons. The third kappa shape index (κ3) is 3.45. The third-order valence-corrected chi connectivity index (χ3v) is 0.987. The smallest absolute Gasteiger partial charge is 0.402 e. The summed E-state index contributed by atoms with van der Waals surface area (Å²) in [5.74, 6) is 0. The zero-order valence-corrected chi connectivity index (χ0v) is 6.01. The average molecular weight is 169 g/mol. The Labute approximate surface area is 61.7 Å². The van der Waals surface area contributed by atoms with Gasteiger partial charge in [-0.2, -0.15) is 13.2 Å². The van der Waals surface area contributed by atoms with Crippen LogP contribution in [0.2, 0.25) is 0 Å². The molecule has 0 saturated heterocycles. The van der Waals surface area contributed by atoms with Crippen LogP contribution in [-0.2, 0) is 0 Å². The first-order valence-corrected chi connectivity index (χ1v) is 2.80. The van der Waals surface area contributed by atoms with Crippen LogP contribution in [0.3, 0.4) is 0 Å². The van der Waals surface area contributed by atoms with Crippen molar-refractivity contribution >= 4 is 17.1 Å². The van der Waals surface area contributed by atoms with Gasteiger partial charge in [0.15, 0.2) is 0 Å². The number of hydrogen-bond donors (Lipinski definition) is 1. The van der Waals surface area contributed by atoms with Crippen molar-refractivity contribution in [3.05, 3.63) is 11.8 Å². The van der Waals surface area contributed by atoms with E-state index in [-0.39, 0.29) is 5.70 Å². The van der Waals surface area contributed by atoms with Gasteiger partial charge in [-0.3, -0.25) is 0 Å². The van der Waals surface area contributed by atoms with Crippen LogP contribution in [0, 0.1) is 0 Å². The molecule has 58 valence electrons. The molecule has 0 aromatic rings. The van der Waals surface area contributed by atoms with Crippen LogP contribution < -0.4 is 5.73 Å². The molecule has 10 heavy (non-hydrogen) atoms. The lowest BCUT2D eigenvalue weighted by Gasteiger charge is -2.02. The van der Waals surface area contributed by atoms with Crippen molar-refractivity contribution in [3.63, 3.8) is 0 Å². The lowest BCUT2D eigenvalue weighted by Crippen LogP contribution is -2.19. The molecule has 1 nitrogen and oxygen atoms in total. The second kappa shape index (κ2) is 3.01. The molecule has 0 amide bonds. The second-order valence-electron chi connectivity index (χ2n) is 1.75. The molecule has 0 aliphatic rings. The summed E-state index contributed by atoms with van der Waals surface area (Å²) < 4.78 is 34.7. The van der Waals surface area contributed by atoms with Crippen LogP contribution >= 0.6 is 12.2 Å². The Bertz CT molecular complexity index is 166. The topological polar surface area (TPSA) is 26.0 Å². The van der Waals surface area contributed by atoms with Crippen LogP contribution in [-0.4, -0.2) is 11.0 Å². The summed E-state index contributed by atoms with van der Waals surface area (Å²) in [5.41, 5.74) is 5.02. The summed E-state index contributed by atoms with van der Waals surface area (Å²) in [6.07, 6.45) is -3.72. The fourth-order valence-electron chi connectivity index (χ4n) is 0.289. The van der Waals surface area contributed by atoms with E-state index in [4.69, 9.17) is 5.73 Å². The molecule has 0 spiro atoms. The fourth-order valence-corrected chi connectivity index (χ4v) is 0.475. The van der Waals surface area contributed by atoms with Crippen LogP contribution in [0.15, 0.2) is 11.8 Å². The summed E-state index contributed by atoms with van der Waals surface area (Å²) in [6, 6.07) is 0. The lowest BCUT2D eigenvalue weighted by atomic mass is 10.3. The minimum atomic E-state index is -4.43. The van der Waals surface area contributed by atoms with Gasteiger partial charge >= 0.3 is 6.18 Å². The van der Waals surface area contributed by atoms with E-state index in [1.165, 1.54) is 6.92 Å². The molecular formula is C5H6F3NS. The molecule has 0 bridgehead atoms. The van der Waals surface area contributed by atoms with Crippen molar-refractivity contribution in [3.8, 4) is 0 Å². The maximum Gasteiger partial charge on any atom is 0.426 e. The zero-order chi connectivity index (χ0) is 8.36. The predicted molar refractivity (Wildman–Crippen MR) is 36.6 cm³/mol. The number of halogens is 3. The van der Waals surface area contributed by atoms with Crippen molar-refractivity contribution in [2.24, 2.45) is 5.73 Å². The highest BCUT2D eigenvalue weighted by Crippen LogP contribution is 2.18. The molecule has 0 unspecified atom stereocenters. The molecule has 0 aromatic carbocycles. The first-order valence-electron chi connectivity index (χ1n) is 2.39. The first kappa shape index (κ1) is 9.42. The van der Waals surface area contributed by atoms with Gasteiger partial charge in [-0.05, 0) is 13.0 Å². The molecule has 0 fully saturated rings. The molecule has 0 aliphatic heterocycles. The van der Waals surface area contributed by atoms with Crippen LogP contribution in [0.1, 0.15) is 6.92 Å². The second-order valence-corrected chi connectivity index (χ2v) is 2.19. The van der Waals surface area contributed by atoms with E-state index in [1.807, 2.05) is 0 Å². The Balaban J connectivity index is 4.27. The first-order chi connectivity index (χ1) is 4.34. The zero-order valence-electron chi connectivity index (χ0n) is 5.20. The van der Waals surface area contributed by atoms with Crippen LogP contribution in [0.25, 0.3) is 0 Å². The Morgan fingerprint density at radius 1 is 1.50 bits per heavy atom. The van der Waals surface area contributed by atoms with E-state index in [1.54, 1.807) is 0 Å². The van der Waals surface area contributed by atoms with Gasteiger partial charge in [0.05, 0.1) is 0 Å².